The Morgan fingerprint density at radius 1 is 1.24 bits per heavy atom. The van der Waals surface area contributed by atoms with Crippen molar-refractivity contribution in [3.8, 4) is 0 Å². The van der Waals surface area contributed by atoms with Crippen LogP contribution in [0.25, 0.3) is 0 Å². The van der Waals surface area contributed by atoms with Crippen molar-refractivity contribution in [2.75, 3.05) is 6.54 Å². The van der Waals surface area contributed by atoms with Crippen molar-refractivity contribution >= 4 is 23.2 Å². The lowest BCUT2D eigenvalue weighted by molar-refractivity contribution is 0.476. The summed E-state index contributed by atoms with van der Waals surface area (Å²) in [7, 11) is 0. The molecule has 21 heavy (non-hydrogen) atoms. The molecule has 3 nitrogen and oxygen atoms in total. The minimum Gasteiger partial charge on any atom is -0.305 e. The molecule has 0 saturated heterocycles. The van der Waals surface area contributed by atoms with Crippen molar-refractivity contribution < 1.29 is 0 Å². The quantitative estimate of drug-likeness (QED) is 0.857. The molecule has 2 rings (SSSR count). The van der Waals surface area contributed by atoms with Gasteiger partial charge in [-0.05, 0) is 50.6 Å². The van der Waals surface area contributed by atoms with Gasteiger partial charge in [0.25, 0.3) is 0 Å². The Bertz CT molecular complexity index is 600. The first-order valence-corrected chi connectivity index (χ1v) is 7.93. The molecule has 0 aliphatic heterocycles. The Morgan fingerprint density at radius 2 is 1.95 bits per heavy atom. The van der Waals surface area contributed by atoms with Crippen LogP contribution < -0.4 is 5.32 Å². The Balaban J connectivity index is 2.56. The van der Waals surface area contributed by atoms with E-state index in [2.05, 4.69) is 37.3 Å². The van der Waals surface area contributed by atoms with Crippen LogP contribution in [0.5, 0.6) is 0 Å². The molecule has 0 aliphatic rings. The Hall–Kier alpha value is -1.03. The van der Waals surface area contributed by atoms with Gasteiger partial charge in [0, 0.05) is 11.1 Å². The number of hydrogen-bond acceptors (Lipinski definition) is 2. The molecule has 2 aromatic rings. The van der Waals surface area contributed by atoms with Crippen LogP contribution in [0.1, 0.15) is 49.7 Å². The molecule has 1 unspecified atom stereocenters. The average Bonchev–Trinajstić information content (AvgIpc) is 2.76. The van der Waals surface area contributed by atoms with Crippen molar-refractivity contribution in [1.82, 2.24) is 15.1 Å². The van der Waals surface area contributed by atoms with Gasteiger partial charge < -0.3 is 5.32 Å². The number of halogens is 2. The third kappa shape index (κ3) is 3.60. The SMILES string of the molecule is CCNC(c1cc(C)cc(Cl)c1)c1c(Cl)cnn1C(C)C. The largest absolute Gasteiger partial charge is 0.305 e. The lowest BCUT2D eigenvalue weighted by atomic mass is 10.0. The summed E-state index contributed by atoms with van der Waals surface area (Å²) in [6.45, 7) is 9.14. The molecule has 0 fully saturated rings. The van der Waals surface area contributed by atoms with Crippen molar-refractivity contribution in [3.63, 3.8) is 0 Å². The maximum Gasteiger partial charge on any atom is 0.0837 e. The van der Waals surface area contributed by atoms with E-state index in [1.807, 2.05) is 23.7 Å². The van der Waals surface area contributed by atoms with Gasteiger partial charge in [-0.2, -0.15) is 5.10 Å². The topological polar surface area (TPSA) is 29.9 Å². The molecular formula is C16H21Cl2N3. The van der Waals surface area contributed by atoms with Crippen molar-refractivity contribution in [2.45, 2.75) is 39.8 Å². The molecule has 0 saturated carbocycles. The fourth-order valence-electron chi connectivity index (χ4n) is 2.54. The Labute approximate surface area is 136 Å². The van der Waals surface area contributed by atoms with E-state index in [-0.39, 0.29) is 12.1 Å². The van der Waals surface area contributed by atoms with E-state index < -0.39 is 0 Å². The standard InChI is InChI=1S/C16H21Cl2N3/c1-5-19-15(12-6-11(4)7-13(17)8-12)16-14(18)9-20-21(16)10(2)3/h6-10,15,19H,5H2,1-4H3. The van der Waals surface area contributed by atoms with E-state index in [0.29, 0.717) is 5.02 Å². The molecule has 5 heteroatoms. The molecule has 1 aromatic carbocycles. The molecule has 0 spiro atoms. The summed E-state index contributed by atoms with van der Waals surface area (Å²) in [6.07, 6.45) is 1.71. The first-order valence-electron chi connectivity index (χ1n) is 7.17. The maximum absolute atomic E-state index is 6.39. The van der Waals surface area contributed by atoms with Gasteiger partial charge in [-0.3, -0.25) is 4.68 Å². The van der Waals surface area contributed by atoms with Crippen LogP contribution in [0, 0.1) is 6.92 Å². The summed E-state index contributed by atoms with van der Waals surface area (Å²) < 4.78 is 1.96. The van der Waals surface area contributed by atoms with Gasteiger partial charge in [0.15, 0.2) is 0 Å². The second-order valence-corrected chi connectivity index (χ2v) is 6.31. The summed E-state index contributed by atoms with van der Waals surface area (Å²) in [4.78, 5) is 0. The maximum atomic E-state index is 6.39. The van der Waals surface area contributed by atoms with E-state index in [9.17, 15) is 0 Å². The van der Waals surface area contributed by atoms with Gasteiger partial charge in [0.1, 0.15) is 0 Å². The highest BCUT2D eigenvalue weighted by molar-refractivity contribution is 6.31. The number of rotatable bonds is 5. The highest BCUT2D eigenvalue weighted by Gasteiger charge is 2.23. The minimum absolute atomic E-state index is 0.0233. The molecule has 1 aromatic heterocycles. The normalized spacial score (nSPS) is 12.9. The van der Waals surface area contributed by atoms with Crippen LogP contribution in [0.15, 0.2) is 24.4 Å². The van der Waals surface area contributed by atoms with Gasteiger partial charge in [0.2, 0.25) is 0 Å². The summed E-state index contributed by atoms with van der Waals surface area (Å²) in [5.41, 5.74) is 3.22. The summed E-state index contributed by atoms with van der Waals surface area (Å²) in [5.74, 6) is 0. The number of nitrogens with zero attached hydrogens (tertiary/aromatic N) is 2. The van der Waals surface area contributed by atoms with Crippen molar-refractivity contribution in [1.29, 1.82) is 0 Å². The monoisotopic (exact) mass is 325 g/mol. The first kappa shape index (κ1) is 16.3. The molecule has 1 N–H and O–H groups in total. The smallest absolute Gasteiger partial charge is 0.0837 e. The van der Waals surface area contributed by atoms with Gasteiger partial charge >= 0.3 is 0 Å². The molecular weight excluding hydrogens is 305 g/mol. The van der Waals surface area contributed by atoms with Crippen LogP contribution in [0.3, 0.4) is 0 Å². The van der Waals surface area contributed by atoms with Crippen LogP contribution in [0.2, 0.25) is 10.0 Å². The summed E-state index contributed by atoms with van der Waals surface area (Å²) in [6, 6.07) is 6.29. The highest BCUT2D eigenvalue weighted by atomic mass is 35.5. The summed E-state index contributed by atoms with van der Waals surface area (Å²) >= 11 is 12.6. The fourth-order valence-corrected chi connectivity index (χ4v) is 3.08. The van der Waals surface area contributed by atoms with E-state index in [0.717, 1.165) is 28.4 Å². The van der Waals surface area contributed by atoms with Crippen LogP contribution in [-0.4, -0.2) is 16.3 Å². The van der Waals surface area contributed by atoms with Crippen LogP contribution in [-0.2, 0) is 0 Å². The highest BCUT2D eigenvalue weighted by Crippen LogP contribution is 2.31. The first-order chi connectivity index (χ1) is 9.93. The zero-order chi connectivity index (χ0) is 15.6. The molecule has 1 heterocycles. The number of aromatic nitrogens is 2. The second kappa shape index (κ2) is 6.82. The number of nitrogens with one attached hydrogen (secondary N) is 1. The molecule has 0 amide bonds. The predicted molar refractivity (Wildman–Crippen MR) is 89.3 cm³/mol. The molecule has 114 valence electrons. The van der Waals surface area contributed by atoms with E-state index in [1.54, 1.807) is 6.20 Å². The lowest BCUT2D eigenvalue weighted by Crippen LogP contribution is -2.26. The van der Waals surface area contributed by atoms with Gasteiger partial charge in [-0.1, -0.05) is 36.2 Å². The van der Waals surface area contributed by atoms with Crippen molar-refractivity contribution in [2.24, 2.45) is 0 Å². The minimum atomic E-state index is -0.0233. The Morgan fingerprint density at radius 3 is 2.52 bits per heavy atom. The predicted octanol–water partition coefficient (Wildman–Crippen LogP) is 4.78. The van der Waals surface area contributed by atoms with E-state index >= 15 is 0 Å². The molecule has 0 bridgehead atoms. The molecule has 1 atom stereocenters. The lowest BCUT2D eigenvalue weighted by Gasteiger charge is -2.22. The number of hydrogen-bond donors (Lipinski definition) is 1. The van der Waals surface area contributed by atoms with Crippen LogP contribution in [0.4, 0.5) is 0 Å². The zero-order valence-electron chi connectivity index (χ0n) is 12.8. The zero-order valence-corrected chi connectivity index (χ0v) is 14.3. The third-order valence-electron chi connectivity index (χ3n) is 3.36. The van der Waals surface area contributed by atoms with E-state index in [4.69, 9.17) is 23.2 Å². The van der Waals surface area contributed by atoms with Crippen molar-refractivity contribution in [3.05, 3.63) is 51.3 Å². The third-order valence-corrected chi connectivity index (χ3v) is 3.87. The summed E-state index contributed by atoms with van der Waals surface area (Å²) in [5, 5.41) is 9.30. The van der Waals surface area contributed by atoms with Gasteiger partial charge in [0.05, 0.1) is 23.0 Å². The molecule has 0 radical (unpaired) electrons. The number of benzene rings is 1. The van der Waals surface area contributed by atoms with Gasteiger partial charge in [-0.15, -0.1) is 0 Å². The Kier molecular flexibility index (Phi) is 5.31. The second-order valence-electron chi connectivity index (χ2n) is 5.47. The molecule has 0 aliphatic carbocycles. The average molecular weight is 326 g/mol. The number of aryl methyl sites for hydroxylation is 1. The van der Waals surface area contributed by atoms with Crippen LogP contribution >= 0.6 is 23.2 Å². The van der Waals surface area contributed by atoms with Gasteiger partial charge in [-0.25, -0.2) is 0 Å². The van der Waals surface area contributed by atoms with E-state index in [1.165, 1.54) is 0 Å². The fraction of sp³-hybridized carbons (Fsp3) is 0.438.